The van der Waals surface area contributed by atoms with Crippen molar-refractivity contribution in [3.05, 3.63) is 99.5 Å². The van der Waals surface area contributed by atoms with Crippen LogP contribution in [0.1, 0.15) is 33.5 Å². The van der Waals surface area contributed by atoms with E-state index in [1.54, 1.807) is 24.3 Å². The number of nitrogens with one attached hydrogen (secondary N) is 2. The molecule has 1 unspecified atom stereocenters. The molecule has 36 heavy (non-hydrogen) atoms. The van der Waals surface area contributed by atoms with Gasteiger partial charge in [0.15, 0.2) is 5.11 Å². The van der Waals surface area contributed by atoms with Gasteiger partial charge in [-0.1, -0.05) is 64.0 Å². The molecule has 3 aromatic rings. The summed E-state index contributed by atoms with van der Waals surface area (Å²) < 4.78 is 0.834. The molecule has 7 nitrogen and oxygen atoms in total. The number of aryl methyl sites for hydroxylation is 2. The van der Waals surface area contributed by atoms with Crippen LogP contribution >= 0.6 is 28.1 Å². The number of nitrogens with zero attached hydrogens (tertiary/aromatic N) is 2. The van der Waals surface area contributed by atoms with E-state index in [4.69, 9.17) is 12.2 Å². The lowest BCUT2D eigenvalue weighted by atomic mass is 10.1. The topological polar surface area (TPSA) is 81.8 Å². The highest BCUT2D eigenvalue weighted by Gasteiger charge is 2.44. The van der Waals surface area contributed by atoms with Gasteiger partial charge in [0, 0.05) is 15.7 Å². The van der Waals surface area contributed by atoms with E-state index in [9.17, 15) is 14.4 Å². The monoisotopic (exact) mass is 564 g/mol. The van der Waals surface area contributed by atoms with E-state index in [2.05, 4.69) is 26.7 Å². The number of amides is 3. The molecule has 2 N–H and O–H groups in total. The zero-order valence-corrected chi connectivity index (χ0v) is 22.2. The van der Waals surface area contributed by atoms with Crippen LogP contribution in [-0.4, -0.2) is 38.8 Å². The molecule has 1 fully saturated rings. The molecule has 3 amide bonds. The highest BCUT2D eigenvalue weighted by molar-refractivity contribution is 9.10. The van der Waals surface area contributed by atoms with Crippen molar-refractivity contribution < 1.29 is 14.4 Å². The van der Waals surface area contributed by atoms with Gasteiger partial charge in [0.25, 0.3) is 11.8 Å². The Morgan fingerprint density at radius 3 is 2.36 bits per heavy atom. The first-order valence-corrected chi connectivity index (χ1v) is 12.5. The summed E-state index contributed by atoms with van der Waals surface area (Å²) in [6, 6.07) is 21.0. The van der Waals surface area contributed by atoms with Gasteiger partial charge in [-0.3, -0.25) is 24.7 Å². The number of thiocarbonyl (C=S) groups is 1. The largest absolute Gasteiger partial charge is 0.326 e. The van der Waals surface area contributed by atoms with Crippen molar-refractivity contribution in [2.24, 2.45) is 0 Å². The molecule has 1 heterocycles. The number of carbonyl (C=O) groups excluding carboxylic acids is 3. The van der Waals surface area contributed by atoms with E-state index in [-0.39, 0.29) is 29.9 Å². The summed E-state index contributed by atoms with van der Waals surface area (Å²) in [5.41, 5.74) is 6.70. The van der Waals surface area contributed by atoms with Crippen LogP contribution in [0.15, 0.2) is 77.3 Å². The molecule has 0 bridgehead atoms. The van der Waals surface area contributed by atoms with Gasteiger partial charge in [-0.25, -0.2) is 5.01 Å². The van der Waals surface area contributed by atoms with Crippen molar-refractivity contribution in [2.75, 3.05) is 5.32 Å². The SMILES string of the molecule is Cc1ccc(NC(=O)CC2C(=O)N(Cc3ccccc3)C(=S)N2NC(=O)c2ccc(Br)cc2)c(C)c1. The predicted molar refractivity (Wildman–Crippen MR) is 146 cm³/mol. The molecule has 1 saturated heterocycles. The lowest BCUT2D eigenvalue weighted by molar-refractivity contribution is -0.131. The number of hydrogen-bond acceptors (Lipinski definition) is 4. The maximum Gasteiger partial charge on any atom is 0.269 e. The number of benzene rings is 3. The second kappa shape index (κ2) is 11.0. The third kappa shape index (κ3) is 5.80. The first-order valence-electron chi connectivity index (χ1n) is 11.3. The first-order chi connectivity index (χ1) is 17.2. The summed E-state index contributed by atoms with van der Waals surface area (Å²) >= 11 is 8.95. The summed E-state index contributed by atoms with van der Waals surface area (Å²) in [6.45, 7) is 4.12. The molecule has 0 saturated carbocycles. The number of hydrazine groups is 1. The van der Waals surface area contributed by atoms with E-state index in [1.165, 1.54) is 9.91 Å². The van der Waals surface area contributed by atoms with Crippen molar-refractivity contribution in [3.63, 3.8) is 0 Å². The predicted octanol–water partition coefficient (Wildman–Crippen LogP) is 4.74. The normalized spacial score (nSPS) is 15.2. The molecule has 1 aliphatic heterocycles. The van der Waals surface area contributed by atoms with Crippen LogP contribution < -0.4 is 10.7 Å². The summed E-state index contributed by atoms with van der Waals surface area (Å²) in [4.78, 5) is 40.8. The smallest absolute Gasteiger partial charge is 0.269 e. The van der Waals surface area contributed by atoms with Crippen molar-refractivity contribution >= 4 is 56.7 Å². The first kappa shape index (κ1) is 25.5. The van der Waals surface area contributed by atoms with Crippen LogP contribution in [0.3, 0.4) is 0 Å². The molecule has 0 spiro atoms. The third-order valence-electron chi connectivity index (χ3n) is 5.85. The average Bonchev–Trinajstić information content (AvgIpc) is 3.06. The summed E-state index contributed by atoms with van der Waals surface area (Å²) in [5.74, 6) is -1.14. The van der Waals surface area contributed by atoms with Crippen LogP contribution in [-0.2, 0) is 16.1 Å². The summed E-state index contributed by atoms with van der Waals surface area (Å²) in [6.07, 6.45) is -0.182. The molecule has 1 atom stereocenters. The second-order valence-electron chi connectivity index (χ2n) is 8.60. The fraction of sp³-hybridized carbons (Fsp3) is 0.185. The van der Waals surface area contributed by atoms with Crippen molar-refractivity contribution in [1.82, 2.24) is 15.3 Å². The maximum atomic E-state index is 13.5. The Labute approximate surface area is 223 Å². The average molecular weight is 565 g/mol. The van der Waals surface area contributed by atoms with Gasteiger partial charge in [0.1, 0.15) is 6.04 Å². The minimum atomic E-state index is -0.980. The van der Waals surface area contributed by atoms with Crippen molar-refractivity contribution in [2.45, 2.75) is 32.9 Å². The lowest BCUT2D eigenvalue weighted by Gasteiger charge is -2.24. The quantitative estimate of drug-likeness (QED) is 0.405. The van der Waals surface area contributed by atoms with E-state index in [0.717, 1.165) is 21.2 Å². The number of halogens is 1. The highest BCUT2D eigenvalue weighted by Crippen LogP contribution is 2.23. The Hall–Kier alpha value is -3.56. The number of carbonyl (C=O) groups is 3. The summed E-state index contributed by atoms with van der Waals surface area (Å²) in [7, 11) is 0. The Morgan fingerprint density at radius 2 is 1.69 bits per heavy atom. The van der Waals surface area contributed by atoms with Crippen LogP contribution in [0.5, 0.6) is 0 Å². The molecule has 3 aromatic carbocycles. The van der Waals surface area contributed by atoms with Crippen molar-refractivity contribution in [3.8, 4) is 0 Å². The molecule has 4 rings (SSSR count). The standard InChI is InChI=1S/C27H25BrN4O3S/c1-17-8-13-22(18(2)14-17)29-24(33)15-23-26(35)31(16-19-6-4-3-5-7-19)27(36)32(23)30-25(34)20-9-11-21(28)12-10-20/h3-14,23H,15-16H2,1-2H3,(H,29,33)(H,30,34). The van der Waals surface area contributed by atoms with Gasteiger partial charge in [0.05, 0.1) is 13.0 Å². The van der Waals surface area contributed by atoms with Gasteiger partial charge in [-0.15, -0.1) is 0 Å². The Bertz CT molecular complexity index is 1310. The number of rotatable bonds is 7. The molecular formula is C27H25BrN4O3S. The second-order valence-corrected chi connectivity index (χ2v) is 9.88. The minimum Gasteiger partial charge on any atom is -0.326 e. The fourth-order valence-electron chi connectivity index (χ4n) is 3.97. The van der Waals surface area contributed by atoms with E-state index >= 15 is 0 Å². The third-order valence-corrected chi connectivity index (χ3v) is 6.79. The molecule has 184 valence electrons. The molecule has 0 radical (unpaired) electrons. The van der Waals surface area contributed by atoms with E-state index in [1.807, 2.05) is 62.4 Å². The van der Waals surface area contributed by atoms with Crippen LogP contribution in [0.25, 0.3) is 0 Å². The molecule has 0 aromatic heterocycles. The zero-order valence-electron chi connectivity index (χ0n) is 19.8. The van der Waals surface area contributed by atoms with Gasteiger partial charge >= 0.3 is 0 Å². The Morgan fingerprint density at radius 1 is 1.00 bits per heavy atom. The van der Waals surface area contributed by atoms with Crippen LogP contribution in [0.4, 0.5) is 5.69 Å². The Kier molecular flexibility index (Phi) is 7.81. The van der Waals surface area contributed by atoms with E-state index < -0.39 is 11.9 Å². The molecular weight excluding hydrogens is 540 g/mol. The highest BCUT2D eigenvalue weighted by atomic mass is 79.9. The van der Waals surface area contributed by atoms with Gasteiger partial charge < -0.3 is 5.32 Å². The molecule has 1 aliphatic rings. The maximum absolute atomic E-state index is 13.5. The van der Waals surface area contributed by atoms with Gasteiger partial charge in [0.2, 0.25) is 5.91 Å². The molecule has 9 heteroatoms. The van der Waals surface area contributed by atoms with Crippen LogP contribution in [0.2, 0.25) is 0 Å². The lowest BCUT2D eigenvalue weighted by Crippen LogP contribution is -2.49. The number of anilines is 1. The number of hydrogen-bond donors (Lipinski definition) is 2. The van der Waals surface area contributed by atoms with Crippen molar-refractivity contribution in [1.29, 1.82) is 0 Å². The Balaban J connectivity index is 1.56. The zero-order chi connectivity index (χ0) is 25.8. The van der Waals surface area contributed by atoms with Gasteiger partial charge in [-0.2, -0.15) is 0 Å². The molecule has 0 aliphatic carbocycles. The minimum absolute atomic E-state index is 0.138. The summed E-state index contributed by atoms with van der Waals surface area (Å²) in [5, 5.41) is 4.34. The van der Waals surface area contributed by atoms with E-state index in [0.29, 0.717) is 11.3 Å². The fourth-order valence-corrected chi connectivity index (χ4v) is 4.56. The van der Waals surface area contributed by atoms with Crippen LogP contribution in [0, 0.1) is 13.8 Å². The van der Waals surface area contributed by atoms with Gasteiger partial charge in [-0.05, 0) is 67.5 Å².